The summed E-state index contributed by atoms with van der Waals surface area (Å²) in [6.45, 7) is 13.6. The summed E-state index contributed by atoms with van der Waals surface area (Å²) in [5, 5.41) is 9.29. The van der Waals surface area contributed by atoms with Crippen LogP contribution < -0.4 is 4.90 Å². The molecule has 3 heterocycles. The van der Waals surface area contributed by atoms with E-state index in [1.807, 2.05) is 37.3 Å². The fraction of sp³-hybridized carbons (Fsp3) is 0.606. The number of aliphatic hydroxyl groups excluding tert-OH is 1. The molecule has 3 amide bonds. The topological polar surface area (TPSA) is 90.4 Å². The van der Waals surface area contributed by atoms with E-state index in [1.165, 1.54) is 0 Å². The highest BCUT2D eigenvalue weighted by Crippen LogP contribution is 2.63. The minimum atomic E-state index is -1.05. The number of anilines is 1. The number of para-hydroxylation sites is 1. The second-order valence-corrected chi connectivity index (χ2v) is 11.9. The van der Waals surface area contributed by atoms with Gasteiger partial charge in [-0.05, 0) is 57.6 Å². The normalized spacial score (nSPS) is 28.0. The number of ether oxygens (including phenoxy) is 1. The van der Waals surface area contributed by atoms with Crippen molar-refractivity contribution in [3.63, 3.8) is 0 Å². The summed E-state index contributed by atoms with van der Waals surface area (Å²) in [5.74, 6) is -1.92. The van der Waals surface area contributed by atoms with E-state index in [0.717, 1.165) is 31.4 Å². The number of fused-ring (bicyclic) bond motifs is 1. The highest BCUT2D eigenvalue weighted by atomic mass is 16.5. The molecule has 3 fully saturated rings. The van der Waals surface area contributed by atoms with Crippen LogP contribution in [0.2, 0.25) is 0 Å². The van der Waals surface area contributed by atoms with Crippen LogP contribution in [0.5, 0.6) is 0 Å². The number of amides is 3. The van der Waals surface area contributed by atoms with Gasteiger partial charge in [-0.1, -0.05) is 50.1 Å². The van der Waals surface area contributed by atoms with E-state index >= 15 is 0 Å². The monoisotopic (exact) mass is 565 g/mol. The van der Waals surface area contributed by atoms with Gasteiger partial charge in [-0.25, -0.2) is 0 Å². The lowest BCUT2D eigenvalue weighted by Crippen LogP contribution is -2.56. The number of rotatable bonds is 16. The molecule has 0 aromatic heterocycles. The van der Waals surface area contributed by atoms with Crippen molar-refractivity contribution in [3.8, 4) is 0 Å². The van der Waals surface area contributed by atoms with Crippen LogP contribution in [-0.4, -0.2) is 82.7 Å². The third-order valence-electron chi connectivity index (χ3n) is 9.17. The van der Waals surface area contributed by atoms with E-state index in [1.54, 1.807) is 26.9 Å². The van der Waals surface area contributed by atoms with Crippen molar-refractivity contribution in [2.45, 2.75) is 82.5 Å². The number of benzene rings is 1. The molecule has 8 heteroatoms. The molecule has 0 saturated carbocycles. The first-order valence-corrected chi connectivity index (χ1v) is 15.3. The van der Waals surface area contributed by atoms with Gasteiger partial charge < -0.3 is 24.5 Å². The number of likely N-dealkylation sites (tertiary alicyclic amines) is 1. The second kappa shape index (κ2) is 13.3. The molecule has 1 N–H and O–H groups in total. The lowest BCUT2D eigenvalue weighted by molar-refractivity contribution is -0.151. The molecule has 3 saturated heterocycles. The minimum absolute atomic E-state index is 0.0874. The molecule has 0 aliphatic carbocycles. The summed E-state index contributed by atoms with van der Waals surface area (Å²) >= 11 is 0. The summed E-state index contributed by atoms with van der Waals surface area (Å²) in [6.07, 6.45) is 9.54. The van der Waals surface area contributed by atoms with E-state index in [9.17, 15) is 19.5 Å². The molecule has 3 aliphatic rings. The number of hydrogen-bond donors (Lipinski definition) is 1. The summed E-state index contributed by atoms with van der Waals surface area (Å²) < 4.78 is 6.84. The predicted octanol–water partition coefficient (Wildman–Crippen LogP) is 4.34. The van der Waals surface area contributed by atoms with Crippen LogP contribution in [-0.2, 0) is 19.1 Å². The number of hydrogen-bond acceptors (Lipinski definition) is 5. The lowest BCUT2D eigenvalue weighted by Gasteiger charge is -2.37. The Labute approximate surface area is 245 Å². The Hall–Kier alpha value is -2.97. The lowest BCUT2D eigenvalue weighted by atomic mass is 9.66. The van der Waals surface area contributed by atoms with Gasteiger partial charge in [0.25, 0.3) is 0 Å². The highest BCUT2D eigenvalue weighted by Gasteiger charge is 2.78. The first-order chi connectivity index (χ1) is 19.8. The molecule has 41 heavy (non-hydrogen) atoms. The standard InChI is InChI=1S/C33H47N3O5/c1-5-8-13-22-34(20-6-2)31(40)28-33-19-18-32(4,41-33)26(27(33)30(39)36(28)23-14-10-15-24-37)29(38)35(21-7-3)25-16-11-9-12-17-25/h6-7,9,11-12,16-17,26-28,37H,2-3,5,8,10,13-15,18-24H2,1,4H3/t26-,27+,28?,32+,33?/m1/s1. The number of aliphatic hydroxyl groups is 1. The number of carbonyl (C=O) groups excluding carboxylic acids is 3. The van der Waals surface area contributed by atoms with Gasteiger partial charge >= 0.3 is 0 Å². The largest absolute Gasteiger partial charge is 0.396 e. The van der Waals surface area contributed by atoms with Gasteiger partial charge in [0.05, 0.1) is 17.4 Å². The molecule has 8 nitrogen and oxygen atoms in total. The smallest absolute Gasteiger partial charge is 0.248 e. The van der Waals surface area contributed by atoms with E-state index in [-0.39, 0.29) is 24.3 Å². The molecular weight excluding hydrogens is 518 g/mol. The zero-order chi connectivity index (χ0) is 29.6. The van der Waals surface area contributed by atoms with Crippen molar-refractivity contribution < 1.29 is 24.2 Å². The van der Waals surface area contributed by atoms with Crippen LogP contribution in [0.3, 0.4) is 0 Å². The Kier molecular flexibility index (Phi) is 10.1. The van der Waals surface area contributed by atoms with Crippen molar-refractivity contribution in [2.24, 2.45) is 11.8 Å². The Balaban J connectivity index is 1.73. The fourth-order valence-corrected chi connectivity index (χ4v) is 7.29. The van der Waals surface area contributed by atoms with Crippen LogP contribution in [0, 0.1) is 11.8 Å². The van der Waals surface area contributed by atoms with Crippen LogP contribution in [0.4, 0.5) is 5.69 Å². The zero-order valence-corrected chi connectivity index (χ0v) is 24.8. The molecule has 2 bridgehead atoms. The van der Waals surface area contributed by atoms with Crippen LogP contribution in [0.15, 0.2) is 55.6 Å². The van der Waals surface area contributed by atoms with Crippen molar-refractivity contribution in [1.82, 2.24) is 9.80 Å². The Morgan fingerprint density at radius 3 is 2.44 bits per heavy atom. The van der Waals surface area contributed by atoms with E-state index in [4.69, 9.17) is 4.74 Å². The molecule has 1 spiro atoms. The van der Waals surface area contributed by atoms with Crippen molar-refractivity contribution >= 4 is 23.4 Å². The highest BCUT2D eigenvalue weighted by molar-refractivity contribution is 6.03. The fourth-order valence-electron chi connectivity index (χ4n) is 7.29. The van der Waals surface area contributed by atoms with Crippen molar-refractivity contribution in [1.29, 1.82) is 0 Å². The van der Waals surface area contributed by atoms with Gasteiger partial charge in [-0.3, -0.25) is 14.4 Å². The quantitative estimate of drug-likeness (QED) is 0.238. The average molecular weight is 566 g/mol. The summed E-state index contributed by atoms with van der Waals surface area (Å²) in [6, 6.07) is 8.64. The third kappa shape index (κ3) is 5.73. The minimum Gasteiger partial charge on any atom is -0.396 e. The molecule has 5 atom stereocenters. The van der Waals surface area contributed by atoms with Gasteiger partial charge in [0, 0.05) is 38.5 Å². The first kappa shape index (κ1) is 31.0. The van der Waals surface area contributed by atoms with Gasteiger partial charge in [-0.2, -0.15) is 0 Å². The van der Waals surface area contributed by atoms with Gasteiger partial charge in [-0.15, -0.1) is 13.2 Å². The van der Waals surface area contributed by atoms with Gasteiger partial charge in [0.15, 0.2) is 0 Å². The van der Waals surface area contributed by atoms with Crippen molar-refractivity contribution in [3.05, 3.63) is 55.6 Å². The number of carbonyl (C=O) groups is 3. The number of unbranched alkanes of at least 4 members (excludes halogenated alkanes) is 4. The van der Waals surface area contributed by atoms with Gasteiger partial charge in [0.2, 0.25) is 17.7 Å². The Bertz CT molecular complexity index is 1110. The first-order valence-electron chi connectivity index (χ1n) is 15.3. The maximum atomic E-state index is 14.4. The van der Waals surface area contributed by atoms with Crippen molar-refractivity contribution in [2.75, 3.05) is 37.7 Å². The van der Waals surface area contributed by atoms with Crippen LogP contribution in [0.25, 0.3) is 0 Å². The Morgan fingerprint density at radius 2 is 1.78 bits per heavy atom. The molecule has 1 aromatic rings. The maximum Gasteiger partial charge on any atom is 0.248 e. The molecule has 1 aromatic carbocycles. The molecule has 0 radical (unpaired) electrons. The van der Waals surface area contributed by atoms with Crippen LogP contribution >= 0.6 is 0 Å². The molecule has 2 unspecified atom stereocenters. The number of nitrogens with zero attached hydrogens (tertiary/aromatic N) is 3. The van der Waals surface area contributed by atoms with Gasteiger partial charge in [0.1, 0.15) is 11.6 Å². The van der Waals surface area contributed by atoms with E-state index < -0.39 is 29.1 Å². The molecular formula is C33H47N3O5. The maximum absolute atomic E-state index is 14.4. The molecule has 3 aliphatic heterocycles. The van der Waals surface area contributed by atoms with E-state index in [0.29, 0.717) is 51.9 Å². The summed E-state index contributed by atoms with van der Waals surface area (Å²) in [5.41, 5.74) is -1.16. The second-order valence-electron chi connectivity index (χ2n) is 11.9. The summed E-state index contributed by atoms with van der Waals surface area (Å²) in [4.78, 5) is 48.4. The molecule has 4 rings (SSSR count). The Morgan fingerprint density at radius 1 is 1.05 bits per heavy atom. The van der Waals surface area contributed by atoms with E-state index in [2.05, 4.69) is 20.1 Å². The average Bonchev–Trinajstić information content (AvgIpc) is 3.54. The molecule has 224 valence electrons. The predicted molar refractivity (Wildman–Crippen MR) is 160 cm³/mol. The summed E-state index contributed by atoms with van der Waals surface area (Å²) in [7, 11) is 0. The SMILES string of the molecule is C=CCN(CCCCC)C(=O)C1N(CCCCCO)C(=O)[C@@H]2[C@H](C(=O)N(CC=C)c3ccccc3)[C@]3(C)CCC12O3. The van der Waals surface area contributed by atoms with Crippen LogP contribution in [0.1, 0.15) is 65.2 Å². The zero-order valence-electron chi connectivity index (χ0n) is 24.8. The third-order valence-corrected chi connectivity index (χ3v) is 9.17.